The summed E-state index contributed by atoms with van der Waals surface area (Å²) in [6.07, 6.45) is 0. The van der Waals surface area contributed by atoms with Crippen LogP contribution in [0.15, 0.2) is 77.7 Å². The second-order valence-electron chi connectivity index (χ2n) is 6.07. The number of carbonyl (C=O) groups is 1. The molecule has 0 N–H and O–H groups in total. The molecule has 3 heteroatoms. The predicted octanol–water partition coefficient (Wildman–Crippen LogP) is 6.16. The number of ketones is 1. The lowest BCUT2D eigenvalue weighted by Gasteiger charge is -2.17. The Hall–Kier alpha value is -2.39. The zero-order valence-corrected chi connectivity index (χ0v) is 15.0. The highest BCUT2D eigenvalue weighted by Gasteiger charge is 2.24. The fourth-order valence-corrected chi connectivity index (χ4v) is 3.68. The highest BCUT2D eigenvalue weighted by molar-refractivity contribution is 8.00. The number of halogens is 1. The molecule has 25 heavy (non-hydrogen) atoms. The van der Waals surface area contributed by atoms with Crippen molar-refractivity contribution in [3.63, 3.8) is 0 Å². The summed E-state index contributed by atoms with van der Waals surface area (Å²) in [5, 5.41) is -0.486. The number of hydrogen-bond donors (Lipinski definition) is 0. The summed E-state index contributed by atoms with van der Waals surface area (Å²) >= 11 is 1.26. The van der Waals surface area contributed by atoms with Gasteiger partial charge in [0, 0.05) is 10.5 Å². The number of benzene rings is 3. The molecule has 0 amide bonds. The van der Waals surface area contributed by atoms with Gasteiger partial charge >= 0.3 is 0 Å². The summed E-state index contributed by atoms with van der Waals surface area (Å²) in [7, 11) is 0. The van der Waals surface area contributed by atoms with E-state index < -0.39 is 5.25 Å². The number of hydrogen-bond acceptors (Lipinski definition) is 2. The maximum absolute atomic E-state index is 14.1. The fourth-order valence-electron chi connectivity index (χ4n) is 2.55. The van der Waals surface area contributed by atoms with Crippen LogP contribution in [0.1, 0.15) is 32.3 Å². The van der Waals surface area contributed by atoms with Crippen molar-refractivity contribution in [2.45, 2.75) is 24.0 Å². The van der Waals surface area contributed by atoms with Crippen LogP contribution in [0.25, 0.3) is 0 Å². The predicted molar refractivity (Wildman–Crippen MR) is 102 cm³/mol. The summed E-state index contributed by atoms with van der Waals surface area (Å²) < 4.78 is 14.1. The van der Waals surface area contributed by atoms with E-state index in [4.69, 9.17) is 0 Å². The summed E-state index contributed by atoms with van der Waals surface area (Å²) in [6, 6.07) is 21.9. The van der Waals surface area contributed by atoms with Gasteiger partial charge in [0.2, 0.25) is 0 Å². The Morgan fingerprint density at radius 3 is 2.00 bits per heavy atom. The quantitative estimate of drug-likeness (QED) is 0.405. The van der Waals surface area contributed by atoms with Gasteiger partial charge in [0.15, 0.2) is 5.78 Å². The maximum Gasteiger partial charge on any atom is 0.180 e. The molecule has 0 aliphatic rings. The summed E-state index contributed by atoms with van der Waals surface area (Å²) in [6.45, 7) is 3.99. The molecule has 3 aromatic carbocycles. The number of aryl methyl sites for hydroxylation is 2. The van der Waals surface area contributed by atoms with Crippen LogP contribution in [0.2, 0.25) is 0 Å². The lowest BCUT2D eigenvalue weighted by Crippen LogP contribution is -2.10. The van der Waals surface area contributed by atoms with Crippen molar-refractivity contribution in [2.24, 2.45) is 0 Å². The van der Waals surface area contributed by atoms with Gasteiger partial charge in [0.25, 0.3) is 0 Å². The van der Waals surface area contributed by atoms with Crippen LogP contribution < -0.4 is 0 Å². The number of carbonyl (C=O) groups excluding carboxylic acids is 1. The van der Waals surface area contributed by atoms with Crippen molar-refractivity contribution in [3.8, 4) is 0 Å². The molecule has 1 atom stereocenters. The Balaban J connectivity index is 1.99. The third kappa shape index (κ3) is 4.18. The van der Waals surface area contributed by atoms with Crippen molar-refractivity contribution in [3.05, 3.63) is 101 Å². The molecule has 1 nitrogen and oxygen atoms in total. The minimum Gasteiger partial charge on any atom is -0.293 e. The molecular formula is C22H19FOS. The van der Waals surface area contributed by atoms with Crippen molar-refractivity contribution in [2.75, 3.05) is 0 Å². The average molecular weight is 350 g/mol. The normalized spacial score (nSPS) is 12.0. The number of thioether (sulfide) groups is 1. The molecule has 0 saturated carbocycles. The van der Waals surface area contributed by atoms with Gasteiger partial charge in [-0.05, 0) is 31.5 Å². The van der Waals surface area contributed by atoms with Crippen molar-refractivity contribution < 1.29 is 9.18 Å². The largest absolute Gasteiger partial charge is 0.293 e. The first-order chi connectivity index (χ1) is 12.0. The number of rotatable bonds is 5. The van der Waals surface area contributed by atoms with Crippen LogP contribution in [0.4, 0.5) is 4.39 Å². The van der Waals surface area contributed by atoms with Crippen molar-refractivity contribution in [1.29, 1.82) is 0 Å². The molecule has 0 radical (unpaired) electrons. The van der Waals surface area contributed by atoms with Crippen LogP contribution in [0.3, 0.4) is 0 Å². The average Bonchev–Trinajstić information content (AvgIpc) is 2.62. The molecule has 0 spiro atoms. The monoisotopic (exact) mass is 350 g/mol. The van der Waals surface area contributed by atoms with E-state index >= 15 is 0 Å². The lowest BCUT2D eigenvalue weighted by atomic mass is 10.0. The molecule has 3 rings (SSSR count). The van der Waals surface area contributed by atoms with Gasteiger partial charge in [-0.3, -0.25) is 4.79 Å². The van der Waals surface area contributed by atoms with E-state index in [2.05, 4.69) is 0 Å². The van der Waals surface area contributed by atoms with E-state index in [1.54, 1.807) is 18.2 Å². The molecule has 0 unspecified atom stereocenters. The van der Waals surface area contributed by atoms with Crippen LogP contribution in [-0.2, 0) is 0 Å². The van der Waals surface area contributed by atoms with Gasteiger partial charge in [-0.1, -0.05) is 71.8 Å². The highest BCUT2D eigenvalue weighted by Crippen LogP contribution is 2.39. The Labute approximate surface area is 151 Å². The molecule has 0 aliphatic carbocycles. The molecule has 0 fully saturated rings. The SMILES string of the molecule is Cc1ccc(C(=O)[C@H](Sc2ccccc2F)c2ccc(C)cc2)cc1. The summed E-state index contributed by atoms with van der Waals surface area (Å²) in [4.78, 5) is 13.6. The first-order valence-electron chi connectivity index (χ1n) is 8.13. The standard InChI is InChI=1S/C22H19FOS/c1-15-7-11-17(12-8-15)21(24)22(18-13-9-16(2)10-14-18)25-20-6-4-3-5-19(20)23/h3-14,22H,1-2H3/t22-/m1/s1. The van der Waals surface area contributed by atoms with Crippen LogP contribution in [0.5, 0.6) is 0 Å². The topological polar surface area (TPSA) is 17.1 Å². The van der Waals surface area contributed by atoms with Crippen LogP contribution in [0, 0.1) is 19.7 Å². The van der Waals surface area contributed by atoms with Crippen molar-refractivity contribution in [1.82, 2.24) is 0 Å². The second kappa shape index (κ2) is 7.66. The van der Waals surface area contributed by atoms with E-state index in [9.17, 15) is 9.18 Å². The Morgan fingerprint density at radius 2 is 1.40 bits per heavy atom. The number of Topliss-reactive ketones (excluding diaryl/α,β-unsaturated/α-hetero) is 1. The maximum atomic E-state index is 14.1. The van der Waals surface area contributed by atoms with Crippen molar-refractivity contribution >= 4 is 17.5 Å². The van der Waals surface area contributed by atoms with Gasteiger partial charge in [-0.15, -0.1) is 11.8 Å². The Kier molecular flexibility index (Phi) is 5.34. The minimum absolute atomic E-state index is 0.0166. The Morgan fingerprint density at radius 1 is 0.840 bits per heavy atom. The van der Waals surface area contributed by atoms with E-state index in [1.165, 1.54) is 17.8 Å². The fraction of sp³-hybridized carbons (Fsp3) is 0.136. The van der Waals surface area contributed by atoms with E-state index in [0.29, 0.717) is 10.5 Å². The zero-order chi connectivity index (χ0) is 17.8. The highest BCUT2D eigenvalue weighted by atomic mass is 32.2. The van der Waals surface area contributed by atoms with E-state index in [1.807, 2.05) is 62.4 Å². The minimum atomic E-state index is -0.486. The van der Waals surface area contributed by atoms with Gasteiger partial charge < -0.3 is 0 Å². The third-order valence-electron chi connectivity index (χ3n) is 4.04. The zero-order valence-electron chi connectivity index (χ0n) is 14.2. The lowest BCUT2D eigenvalue weighted by molar-refractivity contribution is 0.0989. The summed E-state index contributed by atoms with van der Waals surface area (Å²) in [5.41, 5.74) is 3.75. The molecule has 0 saturated heterocycles. The molecule has 0 aromatic heterocycles. The van der Waals surface area contributed by atoms with Gasteiger partial charge in [-0.25, -0.2) is 4.39 Å². The van der Waals surface area contributed by atoms with E-state index in [0.717, 1.165) is 16.7 Å². The molecule has 0 aliphatic heterocycles. The first kappa shape index (κ1) is 17.4. The molecular weight excluding hydrogens is 331 g/mol. The summed E-state index contributed by atoms with van der Waals surface area (Å²) in [5.74, 6) is -0.321. The van der Waals surface area contributed by atoms with Gasteiger partial charge in [-0.2, -0.15) is 0 Å². The molecule has 0 heterocycles. The third-order valence-corrected chi connectivity index (χ3v) is 5.34. The van der Waals surface area contributed by atoms with Gasteiger partial charge in [0.05, 0.1) is 5.25 Å². The van der Waals surface area contributed by atoms with Gasteiger partial charge in [0.1, 0.15) is 5.82 Å². The second-order valence-corrected chi connectivity index (χ2v) is 7.22. The van der Waals surface area contributed by atoms with E-state index in [-0.39, 0.29) is 11.6 Å². The molecule has 3 aromatic rings. The molecule has 126 valence electrons. The van der Waals surface area contributed by atoms with Crippen LogP contribution in [-0.4, -0.2) is 5.78 Å². The molecule has 0 bridgehead atoms. The Bertz CT molecular complexity index is 869. The van der Waals surface area contributed by atoms with Crippen LogP contribution >= 0.6 is 11.8 Å². The smallest absolute Gasteiger partial charge is 0.180 e. The first-order valence-corrected chi connectivity index (χ1v) is 9.01.